The van der Waals surface area contributed by atoms with E-state index in [9.17, 15) is 56.2 Å². The Morgan fingerprint density at radius 2 is 1.32 bits per heavy atom. The summed E-state index contributed by atoms with van der Waals surface area (Å²) in [5, 5.41) is 113. The Balaban J connectivity index is 2.33. The van der Waals surface area contributed by atoms with Gasteiger partial charge in [0.25, 0.3) is 0 Å². The Bertz CT molecular complexity index is 723. The van der Waals surface area contributed by atoms with Crippen LogP contribution in [0.25, 0.3) is 0 Å². The Labute approximate surface area is 237 Å². The van der Waals surface area contributed by atoms with Crippen LogP contribution < -0.4 is 5.73 Å². The zero-order chi connectivity index (χ0) is 30.9. The van der Waals surface area contributed by atoms with Crippen LogP contribution in [0.4, 0.5) is 0 Å². The summed E-state index contributed by atoms with van der Waals surface area (Å²) >= 11 is 0. The van der Waals surface area contributed by atoms with Crippen molar-refractivity contribution in [2.45, 2.75) is 112 Å². The van der Waals surface area contributed by atoms with E-state index in [0.29, 0.717) is 25.8 Å². The minimum Gasteiger partial charge on any atom is -0.396 e. The fourth-order valence-corrected chi connectivity index (χ4v) is 4.48. The van der Waals surface area contributed by atoms with Crippen molar-refractivity contribution in [3.05, 3.63) is 0 Å². The normalized spacial score (nSPS) is 38.3. The zero-order valence-corrected chi connectivity index (χ0v) is 22.9. The predicted molar refractivity (Wildman–Crippen MR) is 134 cm³/mol. The van der Waals surface area contributed by atoms with Crippen LogP contribution in [-0.2, 0) is 23.7 Å². The molecule has 0 radical (unpaired) electrons. The molecule has 13 N–H and O–H groups in total. The minimum absolute atomic E-state index is 0.00365. The molecule has 0 aromatic rings. The highest BCUT2D eigenvalue weighted by atomic mass is 16.8. The first kappa shape index (κ1) is 36.5. The molecule has 2 heterocycles. The highest BCUT2D eigenvalue weighted by Gasteiger charge is 2.52. The van der Waals surface area contributed by atoms with Crippen LogP contribution in [0.3, 0.4) is 0 Å². The number of ether oxygens (including phenoxy) is 5. The van der Waals surface area contributed by atoms with Crippen molar-refractivity contribution in [3.8, 4) is 0 Å². The summed E-state index contributed by atoms with van der Waals surface area (Å²) in [6, 6.07) is 0. The van der Waals surface area contributed by atoms with Crippen molar-refractivity contribution in [2.24, 2.45) is 11.7 Å². The summed E-state index contributed by atoms with van der Waals surface area (Å²) in [5.41, 5.74) is 5.46. The second-order valence-electron chi connectivity index (χ2n) is 10.4. The molecule has 0 amide bonds. The third kappa shape index (κ3) is 9.40. The molecule has 2 rings (SSSR count). The molecule has 17 nitrogen and oxygen atoms in total. The third-order valence-electron chi connectivity index (χ3n) is 7.23. The number of unbranched alkanes of at least 4 members (excludes halogenated alkanes) is 2. The second-order valence-corrected chi connectivity index (χ2v) is 10.4. The van der Waals surface area contributed by atoms with Gasteiger partial charge in [0.15, 0.2) is 18.9 Å². The molecule has 0 spiro atoms. The maximum Gasteiger partial charge on any atom is 0.187 e. The molecule has 41 heavy (non-hydrogen) atoms. The fraction of sp³-hybridized carbons (Fsp3) is 1.00. The largest absolute Gasteiger partial charge is 0.396 e. The van der Waals surface area contributed by atoms with E-state index in [0.717, 1.165) is 0 Å². The van der Waals surface area contributed by atoms with Gasteiger partial charge in [-0.1, -0.05) is 6.92 Å². The predicted octanol–water partition coefficient (Wildman–Crippen LogP) is -6.19. The first-order valence-electron chi connectivity index (χ1n) is 13.6. The fourth-order valence-electron chi connectivity index (χ4n) is 4.48. The molecule has 244 valence electrons. The summed E-state index contributed by atoms with van der Waals surface area (Å²) in [5.74, 6) is -0.890. The number of rotatable bonds is 17. The molecule has 0 aromatic heterocycles. The van der Waals surface area contributed by atoms with Gasteiger partial charge in [-0.15, -0.1) is 0 Å². The lowest BCUT2D eigenvalue weighted by Gasteiger charge is -2.47. The Kier molecular flexibility index (Phi) is 15.6. The topological polar surface area (TPSA) is 295 Å². The van der Waals surface area contributed by atoms with Gasteiger partial charge >= 0.3 is 0 Å². The van der Waals surface area contributed by atoms with E-state index in [1.165, 1.54) is 6.92 Å². The second kappa shape index (κ2) is 17.6. The van der Waals surface area contributed by atoms with Crippen molar-refractivity contribution < 1.29 is 79.9 Å². The average molecular weight is 606 g/mol. The average Bonchev–Trinajstić information content (AvgIpc) is 2.97. The maximum atomic E-state index is 10.9. The van der Waals surface area contributed by atoms with E-state index >= 15 is 0 Å². The number of aliphatic hydroxyl groups is 11. The molecular weight excluding hydrogens is 558 g/mol. The standard InChI is InChI=1S/C24H47NO16/c1-10(7-26)13(29)17(33)20(22(36)37-6-4-2-3-5-25)40-24-21(18(34)15(31)12(9-28)39-24)41-23-19(35)16(32)14(30)11(8-27)38-23/h10-24,26-36H,2-9,25H2,1H3. The van der Waals surface area contributed by atoms with Crippen LogP contribution in [0, 0.1) is 5.92 Å². The maximum absolute atomic E-state index is 10.9. The molecular formula is C24H47NO16. The summed E-state index contributed by atoms with van der Waals surface area (Å²) in [4.78, 5) is 0. The summed E-state index contributed by atoms with van der Waals surface area (Å²) in [6.45, 7) is -0.282. The molecule has 17 heteroatoms. The van der Waals surface area contributed by atoms with E-state index < -0.39 is 112 Å². The van der Waals surface area contributed by atoms with Gasteiger partial charge in [-0.25, -0.2) is 0 Å². The van der Waals surface area contributed by atoms with E-state index in [1.807, 2.05) is 0 Å². The van der Waals surface area contributed by atoms with Crippen LogP contribution in [0.15, 0.2) is 0 Å². The Morgan fingerprint density at radius 1 is 0.732 bits per heavy atom. The van der Waals surface area contributed by atoms with Crippen molar-refractivity contribution in [1.29, 1.82) is 0 Å². The molecule has 0 bridgehead atoms. The van der Waals surface area contributed by atoms with Crippen molar-refractivity contribution in [3.63, 3.8) is 0 Å². The van der Waals surface area contributed by atoms with Crippen LogP contribution in [0.5, 0.6) is 0 Å². The first-order chi connectivity index (χ1) is 19.4. The van der Waals surface area contributed by atoms with E-state index in [-0.39, 0.29) is 6.61 Å². The van der Waals surface area contributed by atoms with Crippen LogP contribution >= 0.6 is 0 Å². The van der Waals surface area contributed by atoms with Gasteiger partial charge in [0.2, 0.25) is 0 Å². The lowest BCUT2D eigenvalue weighted by atomic mass is 9.95. The van der Waals surface area contributed by atoms with Gasteiger partial charge in [0.1, 0.15) is 61.0 Å². The van der Waals surface area contributed by atoms with Gasteiger partial charge in [-0.2, -0.15) is 0 Å². The number of hydrogen-bond donors (Lipinski definition) is 12. The number of nitrogens with two attached hydrogens (primary N) is 1. The molecule has 15 unspecified atom stereocenters. The van der Waals surface area contributed by atoms with E-state index in [2.05, 4.69) is 0 Å². The monoisotopic (exact) mass is 605 g/mol. The van der Waals surface area contributed by atoms with Gasteiger partial charge in [0.05, 0.1) is 19.3 Å². The highest BCUT2D eigenvalue weighted by Crippen LogP contribution is 2.31. The molecule has 15 atom stereocenters. The van der Waals surface area contributed by atoms with Crippen molar-refractivity contribution in [2.75, 3.05) is 33.0 Å². The molecule has 2 fully saturated rings. The van der Waals surface area contributed by atoms with Gasteiger partial charge in [0, 0.05) is 19.1 Å². The highest BCUT2D eigenvalue weighted by molar-refractivity contribution is 4.94. The molecule has 2 saturated heterocycles. The Hall–Kier alpha value is -0.680. The smallest absolute Gasteiger partial charge is 0.187 e. The molecule has 0 saturated carbocycles. The number of aliphatic hydroxyl groups excluding tert-OH is 11. The van der Waals surface area contributed by atoms with Gasteiger partial charge in [-0.3, -0.25) is 0 Å². The lowest BCUT2D eigenvalue weighted by molar-refractivity contribution is -0.382. The van der Waals surface area contributed by atoms with Gasteiger partial charge in [-0.05, 0) is 25.8 Å². The third-order valence-corrected chi connectivity index (χ3v) is 7.23. The van der Waals surface area contributed by atoms with Crippen LogP contribution in [0.1, 0.15) is 26.2 Å². The summed E-state index contributed by atoms with van der Waals surface area (Å²) in [6.07, 6.45) is -22.9. The van der Waals surface area contributed by atoms with Gasteiger partial charge < -0.3 is 85.6 Å². The quantitative estimate of drug-likeness (QED) is 0.0542. The first-order valence-corrected chi connectivity index (χ1v) is 13.6. The van der Waals surface area contributed by atoms with Crippen LogP contribution in [-0.4, -0.2) is 175 Å². The lowest BCUT2D eigenvalue weighted by Crippen LogP contribution is -2.65. The SMILES string of the molecule is CC(CO)C(O)C(O)C(OC1OC(CO)C(O)C(O)C1OC1OC(CO)C(O)C(O)C1O)C(O)OCCCCCN. The zero-order valence-electron chi connectivity index (χ0n) is 22.9. The summed E-state index contributed by atoms with van der Waals surface area (Å²) in [7, 11) is 0. The van der Waals surface area contributed by atoms with E-state index in [1.54, 1.807) is 0 Å². The Morgan fingerprint density at radius 3 is 1.88 bits per heavy atom. The van der Waals surface area contributed by atoms with Crippen molar-refractivity contribution >= 4 is 0 Å². The summed E-state index contributed by atoms with van der Waals surface area (Å²) < 4.78 is 27.5. The number of hydrogen-bond acceptors (Lipinski definition) is 17. The van der Waals surface area contributed by atoms with Crippen LogP contribution in [0.2, 0.25) is 0 Å². The molecule has 0 aliphatic carbocycles. The van der Waals surface area contributed by atoms with Crippen molar-refractivity contribution in [1.82, 2.24) is 0 Å². The minimum atomic E-state index is -1.91. The molecule has 2 aliphatic rings. The van der Waals surface area contributed by atoms with E-state index in [4.69, 9.17) is 29.4 Å². The molecule has 0 aromatic carbocycles. The molecule has 2 aliphatic heterocycles.